The molecule has 0 unspecified atom stereocenters. The van der Waals surface area contributed by atoms with Gasteiger partial charge in [0.2, 0.25) is 0 Å². The highest BCUT2D eigenvalue weighted by Crippen LogP contribution is 2.30. The number of hydrogen-bond donors (Lipinski definition) is 1. The van der Waals surface area contributed by atoms with Crippen LogP contribution in [0.2, 0.25) is 10.0 Å². The van der Waals surface area contributed by atoms with Gasteiger partial charge in [-0.05, 0) is 6.07 Å². The summed E-state index contributed by atoms with van der Waals surface area (Å²) < 4.78 is 22.2. The molecule has 0 saturated carbocycles. The molecule has 0 radical (unpaired) electrons. The lowest BCUT2D eigenvalue weighted by Crippen LogP contribution is -2.26. The molecule has 18 heavy (non-hydrogen) atoms. The Morgan fingerprint density at radius 3 is 2.50 bits per heavy atom. The number of aromatic nitrogens is 1. The van der Waals surface area contributed by atoms with Crippen LogP contribution < -0.4 is 10.2 Å². The number of halogens is 2. The number of pyridine rings is 1. The van der Waals surface area contributed by atoms with Crippen LogP contribution in [-0.2, 0) is 9.84 Å². The van der Waals surface area contributed by atoms with Crippen molar-refractivity contribution in [3.05, 3.63) is 16.1 Å². The van der Waals surface area contributed by atoms with Crippen LogP contribution in [0.1, 0.15) is 0 Å². The molecule has 8 heteroatoms. The summed E-state index contributed by atoms with van der Waals surface area (Å²) in [5.74, 6) is 1.04. The summed E-state index contributed by atoms with van der Waals surface area (Å²) in [4.78, 5) is 5.93. The van der Waals surface area contributed by atoms with E-state index in [4.69, 9.17) is 23.2 Å². The average Bonchev–Trinajstić information content (AvgIpc) is 2.25. The fourth-order valence-corrected chi connectivity index (χ4v) is 2.51. The Morgan fingerprint density at radius 2 is 2.00 bits per heavy atom. The van der Waals surface area contributed by atoms with Gasteiger partial charge < -0.3 is 10.2 Å². The van der Waals surface area contributed by atoms with Crippen LogP contribution in [0.25, 0.3) is 0 Å². The van der Waals surface area contributed by atoms with E-state index in [1.54, 1.807) is 25.1 Å². The quantitative estimate of drug-likeness (QED) is 0.900. The molecule has 102 valence electrons. The lowest BCUT2D eigenvalue weighted by Gasteiger charge is -2.20. The minimum atomic E-state index is -3.02. The van der Waals surface area contributed by atoms with E-state index >= 15 is 0 Å². The van der Waals surface area contributed by atoms with E-state index in [1.807, 2.05) is 0 Å². The Kier molecular flexibility index (Phi) is 5.07. The second-order valence-electron chi connectivity index (χ2n) is 3.93. The van der Waals surface area contributed by atoms with Crippen molar-refractivity contribution in [3.8, 4) is 0 Å². The fraction of sp³-hybridized carbons (Fsp3) is 0.500. The van der Waals surface area contributed by atoms with Gasteiger partial charge in [-0.3, -0.25) is 0 Å². The minimum absolute atomic E-state index is 0.0407. The van der Waals surface area contributed by atoms with Crippen molar-refractivity contribution >= 4 is 44.7 Å². The van der Waals surface area contributed by atoms with Gasteiger partial charge in [0.25, 0.3) is 0 Å². The highest BCUT2D eigenvalue weighted by Gasteiger charge is 2.13. The molecule has 1 N–H and O–H groups in total. The molecule has 5 nitrogen and oxygen atoms in total. The highest BCUT2D eigenvalue weighted by molar-refractivity contribution is 7.90. The molecule has 0 aliphatic rings. The van der Waals surface area contributed by atoms with Gasteiger partial charge in [0.15, 0.2) is 0 Å². The summed E-state index contributed by atoms with van der Waals surface area (Å²) in [7, 11) is 0.408. The van der Waals surface area contributed by atoms with Crippen molar-refractivity contribution in [2.75, 3.05) is 42.9 Å². The molecule has 1 rings (SSSR count). The van der Waals surface area contributed by atoms with Crippen molar-refractivity contribution in [1.29, 1.82) is 0 Å². The maximum Gasteiger partial charge on any atom is 0.149 e. The normalized spacial score (nSPS) is 11.4. The molecule has 1 heterocycles. The van der Waals surface area contributed by atoms with E-state index in [-0.39, 0.29) is 5.75 Å². The highest BCUT2D eigenvalue weighted by atomic mass is 35.5. The van der Waals surface area contributed by atoms with Gasteiger partial charge in [-0.2, -0.15) is 0 Å². The van der Waals surface area contributed by atoms with Gasteiger partial charge in [-0.1, -0.05) is 23.2 Å². The third-order valence-corrected chi connectivity index (χ3v) is 3.80. The average molecular weight is 312 g/mol. The topological polar surface area (TPSA) is 62.3 Å². The first kappa shape index (κ1) is 15.3. The van der Waals surface area contributed by atoms with Crippen molar-refractivity contribution < 1.29 is 8.42 Å². The first-order valence-corrected chi connectivity index (χ1v) is 7.99. The molecular weight excluding hydrogens is 297 g/mol. The van der Waals surface area contributed by atoms with Crippen LogP contribution in [0, 0.1) is 0 Å². The van der Waals surface area contributed by atoms with Crippen LogP contribution in [0.4, 0.5) is 11.6 Å². The summed E-state index contributed by atoms with van der Waals surface area (Å²) >= 11 is 12.0. The minimum Gasteiger partial charge on any atom is -0.372 e. The van der Waals surface area contributed by atoms with Crippen molar-refractivity contribution in [3.63, 3.8) is 0 Å². The predicted octanol–water partition coefficient (Wildman–Crippen LogP) is 1.91. The number of anilines is 2. The van der Waals surface area contributed by atoms with Gasteiger partial charge in [-0.25, -0.2) is 13.4 Å². The van der Waals surface area contributed by atoms with Crippen molar-refractivity contribution in [1.82, 2.24) is 4.98 Å². The van der Waals surface area contributed by atoms with Crippen LogP contribution in [0.15, 0.2) is 6.07 Å². The molecule has 0 fully saturated rings. The first-order valence-electron chi connectivity index (χ1n) is 5.17. The second kappa shape index (κ2) is 5.95. The van der Waals surface area contributed by atoms with Crippen LogP contribution >= 0.6 is 23.2 Å². The SMILES string of the molecule is CNc1nc(N(C)CCS(C)(=O)=O)c(Cl)cc1Cl. The molecule has 0 spiro atoms. The Labute approximate surface area is 117 Å². The summed E-state index contributed by atoms with van der Waals surface area (Å²) in [6, 6.07) is 1.58. The zero-order chi connectivity index (χ0) is 13.9. The molecule has 0 bridgehead atoms. The smallest absolute Gasteiger partial charge is 0.149 e. The molecule has 0 amide bonds. The number of nitrogens with one attached hydrogen (secondary N) is 1. The van der Waals surface area contributed by atoms with Gasteiger partial charge in [0, 0.05) is 26.9 Å². The maximum atomic E-state index is 11.1. The summed E-state index contributed by atoms with van der Waals surface area (Å²) in [5, 5.41) is 3.65. The molecule has 0 aromatic carbocycles. The first-order chi connectivity index (χ1) is 8.24. The van der Waals surface area contributed by atoms with Crippen LogP contribution in [0.3, 0.4) is 0 Å². The third-order valence-electron chi connectivity index (χ3n) is 2.31. The molecular formula is C10H15Cl2N3O2S. The largest absolute Gasteiger partial charge is 0.372 e. The lowest BCUT2D eigenvalue weighted by molar-refractivity contribution is 0.601. The molecule has 1 aromatic heterocycles. The number of hydrogen-bond acceptors (Lipinski definition) is 5. The molecule has 0 aliphatic carbocycles. The molecule has 1 aromatic rings. The number of nitrogens with zero attached hydrogens (tertiary/aromatic N) is 2. The third kappa shape index (κ3) is 4.19. The van der Waals surface area contributed by atoms with Gasteiger partial charge in [0.05, 0.1) is 15.8 Å². The summed E-state index contributed by atoms with van der Waals surface area (Å²) in [6.45, 7) is 0.316. The molecule has 0 aliphatic heterocycles. The van der Waals surface area contributed by atoms with Gasteiger partial charge >= 0.3 is 0 Å². The fourth-order valence-electron chi connectivity index (χ4n) is 1.31. The zero-order valence-corrected chi connectivity index (χ0v) is 12.7. The standard InChI is InChI=1S/C10H15Cl2N3O2S/c1-13-9-7(11)6-8(12)10(14-9)15(2)4-5-18(3,16)17/h6H,4-5H2,1-3H3,(H,13,14). The maximum absolute atomic E-state index is 11.1. The summed E-state index contributed by atoms with van der Waals surface area (Å²) in [6.07, 6.45) is 1.19. The van der Waals surface area contributed by atoms with Crippen molar-refractivity contribution in [2.45, 2.75) is 0 Å². The van der Waals surface area contributed by atoms with Crippen LogP contribution in [-0.4, -0.2) is 46.1 Å². The number of sulfone groups is 1. The lowest BCUT2D eigenvalue weighted by atomic mass is 10.4. The Bertz CT molecular complexity index is 534. The van der Waals surface area contributed by atoms with E-state index in [0.717, 1.165) is 0 Å². The van der Waals surface area contributed by atoms with E-state index in [1.165, 1.54) is 6.26 Å². The van der Waals surface area contributed by atoms with E-state index in [2.05, 4.69) is 10.3 Å². The van der Waals surface area contributed by atoms with E-state index < -0.39 is 9.84 Å². The second-order valence-corrected chi connectivity index (χ2v) is 7.00. The summed E-state index contributed by atoms with van der Waals surface area (Å²) in [5.41, 5.74) is 0. The van der Waals surface area contributed by atoms with Crippen molar-refractivity contribution in [2.24, 2.45) is 0 Å². The van der Waals surface area contributed by atoms with Crippen LogP contribution in [0.5, 0.6) is 0 Å². The zero-order valence-electron chi connectivity index (χ0n) is 10.4. The van der Waals surface area contributed by atoms with E-state index in [9.17, 15) is 8.42 Å². The Morgan fingerprint density at radius 1 is 1.39 bits per heavy atom. The Hall–Kier alpha value is -0.720. The van der Waals surface area contributed by atoms with Gasteiger partial charge in [-0.15, -0.1) is 0 Å². The monoisotopic (exact) mass is 311 g/mol. The molecule has 0 atom stereocenters. The van der Waals surface area contributed by atoms with E-state index in [0.29, 0.717) is 28.2 Å². The van der Waals surface area contributed by atoms with Gasteiger partial charge in [0.1, 0.15) is 21.5 Å². The predicted molar refractivity (Wildman–Crippen MR) is 76.8 cm³/mol. The Balaban J connectivity index is 2.95. The molecule has 0 saturated heterocycles. The number of rotatable bonds is 5.